The van der Waals surface area contributed by atoms with Gasteiger partial charge in [0.2, 0.25) is 0 Å². The molecule has 0 saturated carbocycles. The highest BCUT2D eigenvalue weighted by molar-refractivity contribution is 7.20. The summed E-state index contributed by atoms with van der Waals surface area (Å²) in [5, 5.41) is 3.79. The second kappa shape index (κ2) is 6.97. The van der Waals surface area contributed by atoms with Gasteiger partial charge in [0.15, 0.2) is 0 Å². The van der Waals surface area contributed by atoms with Crippen LogP contribution in [0.4, 0.5) is 5.69 Å². The molecule has 0 aliphatic heterocycles. The van der Waals surface area contributed by atoms with E-state index in [2.05, 4.69) is 15.3 Å². The van der Waals surface area contributed by atoms with Crippen molar-refractivity contribution in [1.82, 2.24) is 9.97 Å². The van der Waals surface area contributed by atoms with Gasteiger partial charge < -0.3 is 11.1 Å². The molecule has 4 rings (SSSR count). The van der Waals surface area contributed by atoms with Crippen LogP contribution in [0.1, 0.15) is 20.0 Å². The third kappa shape index (κ3) is 3.40. The van der Waals surface area contributed by atoms with Crippen LogP contribution in [0.5, 0.6) is 0 Å². The van der Waals surface area contributed by atoms with Crippen molar-refractivity contribution in [3.05, 3.63) is 77.7 Å². The van der Waals surface area contributed by atoms with Gasteiger partial charge in [-0.2, -0.15) is 0 Å². The van der Waals surface area contributed by atoms with Gasteiger partial charge in [0.25, 0.3) is 11.8 Å². The molecule has 6 nitrogen and oxygen atoms in total. The number of carbonyl (C=O) groups excluding carboxylic acids is 2. The molecule has 3 N–H and O–H groups in total. The van der Waals surface area contributed by atoms with E-state index in [0.717, 1.165) is 21.2 Å². The molecule has 0 spiro atoms. The smallest absolute Gasteiger partial charge is 0.258 e. The van der Waals surface area contributed by atoms with Crippen molar-refractivity contribution in [2.75, 3.05) is 5.32 Å². The van der Waals surface area contributed by atoms with Gasteiger partial charge in [-0.25, -0.2) is 0 Å². The van der Waals surface area contributed by atoms with Crippen LogP contribution in [-0.2, 0) is 0 Å². The number of hydrogen-bond donors (Lipinski definition) is 2. The van der Waals surface area contributed by atoms with Crippen molar-refractivity contribution in [2.45, 2.75) is 0 Å². The van der Waals surface area contributed by atoms with Crippen molar-refractivity contribution in [1.29, 1.82) is 0 Å². The minimum atomic E-state index is -0.458. The van der Waals surface area contributed by atoms with Crippen molar-refractivity contribution in [3.63, 3.8) is 0 Å². The van der Waals surface area contributed by atoms with Crippen molar-refractivity contribution in [2.24, 2.45) is 5.73 Å². The molecule has 7 heteroatoms. The van der Waals surface area contributed by atoms with Crippen LogP contribution in [0.2, 0.25) is 0 Å². The zero-order valence-corrected chi connectivity index (χ0v) is 14.9. The standard InChI is InChI=1S/C20H14N4O2S/c21-19(25)17-9-15-16(10-23-11-18(15)27-17)13-2-1-3-14(8-13)24-20(26)12-4-6-22-7-5-12/h1-11H,(H2,21,25)(H,24,26). The third-order valence-corrected chi connectivity index (χ3v) is 5.15. The monoisotopic (exact) mass is 374 g/mol. The summed E-state index contributed by atoms with van der Waals surface area (Å²) in [7, 11) is 0. The van der Waals surface area contributed by atoms with Gasteiger partial charge in [-0.05, 0) is 35.9 Å². The van der Waals surface area contributed by atoms with Crippen molar-refractivity contribution in [3.8, 4) is 11.1 Å². The number of hydrogen-bond acceptors (Lipinski definition) is 5. The number of fused-ring (bicyclic) bond motifs is 1. The Balaban J connectivity index is 1.70. The van der Waals surface area contributed by atoms with Crippen molar-refractivity contribution < 1.29 is 9.59 Å². The summed E-state index contributed by atoms with van der Waals surface area (Å²) in [5.74, 6) is -0.669. The number of anilines is 1. The van der Waals surface area contributed by atoms with E-state index in [1.165, 1.54) is 11.3 Å². The molecule has 0 fully saturated rings. The quantitative estimate of drug-likeness (QED) is 0.569. The molecule has 132 valence electrons. The van der Waals surface area contributed by atoms with Gasteiger partial charge in [0.05, 0.1) is 9.58 Å². The second-order valence-corrected chi connectivity index (χ2v) is 6.93. The average Bonchev–Trinajstić information content (AvgIpc) is 3.13. The lowest BCUT2D eigenvalue weighted by atomic mass is 10.0. The first-order chi connectivity index (χ1) is 13.1. The highest BCUT2D eigenvalue weighted by Gasteiger charge is 2.12. The zero-order valence-electron chi connectivity index (χ0n) is 14.0. The maximum Gasteiger partial charge on any atom is 0.258 e. The molecule has 2 amide bonds. The Bertz CT molecular complexity index is 1160. The highest BCUT2D eigenvalue weighted by atomic mass is 32.1. The molecule has 0 aliphatic carbocycles. The van der Waals surface area contributed by atoms with E-state index >= 15 is 0 Å². The number of nitrogens with two attached hydrogens (primary N) is 1. The Kier molecular flexibility index (Phi) is 4.35. The number of primary amides is 1. The minimum Gasteiger partial charge on any atom is -0.365 e. The Labute approximate surface area is 158 Å². The summed E-state index contributed by atoms with van der Waals surface area (Å²) in [6.07, 6.45) is 6.60. The minimum absolute atomic E-state index is 0.211. The number of carbonyl (C=O) groups is 2. The van der Waals surface area contributed by atoms with E-state index < -0.39 is 5.91 Å². The number of benzene rings is 1. The van der Waals surface area contributed by atoms with E-state index in [9.17, 15) is 9.59 Å². The lowest BCUT2D eigenvalue weighted by Crippen LogP contribution is -2.11. The Morgan fingerprint density at radius 1 is 1.00 bits per heavy atom. The van der Waals surface area contributed by atoms with Crippen LogP contribution in [0.25, 0.3) is 21.2 Å². The number of rotatable bonds is 4. The van der Waals surface area contributed by atoms with Gasteiger partial charge >= 0.3 is 0 Å². The molecule has 0 saturated heterocycles. The third-order valence-electron chi connectivity index (χ3n) is 4.06. The lowest BCUT2D eigenvalue weighted by molar-refractivity contribution is 0.100. The average molecular weight is 374 g/mol. The fourth-order valence-corrected chi connectivity index (χ4v) is 3.69. The number of nitrogens with one attached hydrogen (secondary N) is 1. The molecule has 0 bridgehead atoms. The molecular weight excluding hydrogens is 360 g/mol. The van der Waals surface area contributed by atoms with E-state index in [4.69, 9.17) is 5.73 Å². The lowest BCUT2D eigenvalue weighted by Gasteiger charge is -2.08. The summed E-state index contributed by atoms with van der Waals surface area (Å²) in [6.45, 7) is 0. The van der Waals surface area contributed by atoms with E-state index in [1.54, 1.807) is 43.0 Å². The fourth-order valence-electron chi connectivity index (χ4n) is 2.78. The Morgan fingerprint density at radius 2 is 1.81 bits per heavy atom. The zero-order chi connectivity index (χ0) is 18.8. The normalized spacial score (nSPS) is 10.7. The molecule has 1 aromatic carbocycles. The first kappa shape index (κ1) is 16.9. The van der Waals surface area contributed by atoms with E-state index in [1.807, 2.05) is 24.3 Å². The molecule has 0 atom stereocenters. The van der Waals surface area contributed by atoms with Gasteiger partial charge in [-0.15, -0.1) is 11.3 Å². The summed E-state index contributed by atoms with van der Waals surface area (Å²) >= 11 is 1.31. The van der Waals surface area contributed by atoms with Crippen LogP contribution in [0.15, 0.2) is 67.3 Å². The number of aromatic nitrogens is 2. The van der Waals surface area contributed by atoms with Crippen LogP contribution >= 0.6 is 11.3 Å². The van der Waals surface area contributed by atoms with Gasteiger partial charge in [-0.3, -0.25) is 19.6 Å². The van der Waals surface area contributed by atoms with Crippen LogP contribution in [0.3, 0.4) is 0 Å². The Hall–Kier alpha value is -3.58. The maximum absolute atomic E-state index is 12.4. The summed E-state index contributed by atoms with van der Waals surface area (Å²) in [6, 6.07) is 12.6. The molecule has 0 radical (unpaired) electrons. The molecule has 0 aliphatic rings. The molecule has 3 heterocycles. The fraction of sp³-hybridized carbons (Fsp3) is 0. The first-order valence-corrected chi connectivity index (χ1v) is 8.92. The summed E-state index contributed by atoms with van der Waals surface area (Å²) in [4.78, 5) is 32.5. The molecule has 4 aromatic rings. The van der Waals surface area contributed by atoms with Crippen LogP contribution in [0, 0.1) is 0 Å². The Morgan fingerprint density at radius 3 is 2.59 bits per heavy atom. The molecular formula is C20H14N4O2S. The van der Waals surface area contributed by atoms with Crippen LogP contribution < -0.4 is 11.1 Å². The predicted molar refractivity (Wildman–Crippen MR) is 106 cm³/mol. The summed E-state index contributed by atoms with van der Waals surface area (Å²) in [5.41, 5.74) is 8.35. The highest BCUT2D eigenvalue weighted by Crippen LogP contribution is 2.34. The topological polar surface area (TPSA) is 98.0 Å². The van der Waals surface area contributed by atoms with Gasteiger partial charge in [0, 0.05) is 47.0 Å². The van der Waals surface area contributed by atoms with E-state index in [0.29, 0.717) is 16.1 Å². The summed E-state index contributed by atoms with van der Waals surface area (Å²) < 4.78 is 0.882. The van der Waals surface area contributed by atoms with E-state index in [-0.39, 0.29) is 5.91 Å². The number of thiophene rings is 1. The van der Waals surface area contributed by atoms with Crippen molar-refractivity contribution >= 4 is 38.9 Å². The maximum atomic E-state index is 12.4. The first-order valence-electron chi connectivity index (χ1n) is 8.11. The predicted octanol–water partition coefficient (Wildman–Crippen LogP) is 3.71. The molecule has 0 unspecified atom stereocenters. The molecule has 27 heavy (non-hydrogen) atoms. The number of nitrogens with zero attached hydrogens (tertiary/aromatic N) is 2. The van der Waals surface area contributed by atoms with Gasteiger partial charge in [0.1, 0.15) is 0 Å². The SMILES string of the molecule is NC(=O)c1cc2c(-c3cccc(NC(=O)c4ccncc4)c3)cncc2s1. The van der Waals surface area contributed by atoms with Gasteiger partial charge in [-0.1, -0.05) is 12.1 Å². The number of pyridine rings is 2. The number of amides is 2. The second-order valence-electron chi connectivity index (χ2n) is 5.84. The largest absolute Gasteiger partial charge is 0.365 e. The van der Waals surface area contributed by atoms with Crippen LogP contribution in [-0.4, -0.2) is 21.8 Å². The molecule has 3 aromatic heterocycles.